The molecule has 2 aromatic rings. The third-order valence-corrected chi connectivity index (χ3v) is 6.63. The molecular weight excluding hydrogens is 464 g/mol. The minimum Gasteiger partial charge on any atom is -0.369 e. The van der Waals surface area contributed by atoms with E-state index in [-0.39, 0.29) is 29.5 Å². The number of amides is 1. The average Bonchev–Trinajstić information content (AvgIpc) is 3.17. The highest BCUT2D eigenvalue weighted by Gasteiger charge is 2.71. The van der Waals surface area contributed by atoms with Crippen molar-refractivity contribution in [3.05, 3.63) is 46.2 Å². The molecule has 31 heavy (non-hydrogen) atoms. The van der Waals surface area contributed by atoms with Crippen LogP contribution in [0, 0.1) is 11.8 Å². The number of hydrogen-bond acceptors (Lipinski definition) is 4. The topological polar surface area (TPSA) is 40.5 Å². The minimum absolute atomic E-state index is 0.00274. The quantitative estimate of drug-likeness (QED) is 0.490. The van der Waals surface area contributed by atoms with Gasteiger partial charge in [0.05, 0.1) is 17.4 Å². The van der Waals surface area contributed by atoms with E-state index in [0.717, 1.165) is 22.7 Å². The molecule has 2 heterocycles. The zero-order chi connectivity index (χ0) is 23.0. The first-order chi connectivity index (χ1) is 14.4. The molecule has 1 unspecified atom stereocenters. The van der Waals surface area contributed by atoms with Crippen molar-refractivity contribution in [3.63, 3.8) is 0 Å². The van der Waals surface area contributed by atoms with E-state index >= 15 is 0 Å². The largest absolute Gasteiger partial charge is 0.430 e. The molecule has 1 N–H and O–H groups in total. The fraction of sp³-hybridized carbons (Fsp3) is 0.350. The zero-order valence-corrected chi connectivity index (χ0v) is 17.5. The van der Waals surface area contributed by atoms with Gasteiger partial charge in [0, 0.05) is 21.9 Å². The second-order valence-electron chi connectivity index (χ2n) is 6.65. The van der Waals surface area contributed by atoms with Crippen LogP contribution in [-0.4, -0.2) is 35.2 Å². The Labute approximate surface area is 182 Å². The van der Waals surface area contributed by atoms with Gasteiger partial charge in [-0.25, -0.2) is 0 Å². The third-order valence-electron chi connectivity index (χ3n) is 4.62. The number of halogens is 6. The highest BCUT2D eigenvalue weighted by molar-refractivity contribution is 8.00. The molecule has 0 saturated carbocycles. The predicted molar refractivity (Wildman–Crippen MR) is 106 cm³/mol. The average molecular weight is 479 g/mol. The summed E-state index contributed by atoms with van der Waals surface area (Å²) in [6.07, 6.45) is -11.9. The molecule has 0 radical (unpaired) electrons. The van der Waals surface area contributed by atoms with Crippen molar-refractivity contribution in [2.45, 2.75) is 41.4 Å². The molecule has 166 valence electrons. The molecule has 3 rings (SSSR count). The first-order valence-electron chi connectivity index (χ1n) is 8.80. The van der Waals surface area contributed by atoms with Crippen LogP contribution in [0.4, 0.5) is 32.0 Å². The first-order valence-corrected chi connectivity index (χ1v) is 10.6. The highest BCUT2D eigenvalue weighted by atomic mass is 32.2. The molecule has 1 atom stereocenters. The van der Waals surface area contributed by atoms with Crippen molar-refractivity contribution in [3.8, 4) is 11.8 Å². The van der Waals surface area contributed by atoms with E-state index in [1.54, 1.807) is 17.5 Å². The summed E-state index contributed by atoms with van der Waals surface area (Å²) in [7, 11) is 0. The van der Waals surface area contributed by atoms with Gasteiger partial charge in [-0.2, -0.15) is 26.3 Å². The predicted octanol–water partition coefficient (Wildman–Crippen LogP) is 5.13. The van der Waals surface area contributed by atoms with E-state index in [9.17, 15) is 36.2 Å². The number of rotatable bonds is 3. The molecule has 0 saturated heterocycles. The van der Waals surface area contributed by atoms with Gasteiger partial charge in [-0.15, -0.1) is 29.0 Å². The van der Waals surface area contributed by atoms with E-state index in [0.29, 0.717) is 12.1 Å². The molecule has 1 aliphatic heterocycles. The van der Waals surface area contributed by atoms with Gasteiger partial charge in [0.1, 0.15) is 0 Å². The molecule has 0 aliphatic carbocycles. The Morgan fingerprint density at radius 1 is 1.19 bits per heavy atom. The number of hydrogen-bond donors (Lipinski definition) is 1. The SMILES string of the molecule is CC#CC1CN(C(=O)Cc2cccs2)c2ccc(C(O)(C(F)(F)F)C(F)(F)F)cc2S1. The minimum atomic E-state index is -5.99. The van der Waals surface area contributed by atoms with Gasteiger partial charge >= 0.3 is 12.4 Å². The van der Waals surface area contributed by atoms with Crippen LogP contribution in [0.2, 0.25) is 0 Å². The Balaban J connectivity index is 2.07. The maximum Gasteiger partial charge on any atom is 0.430 e. The highest BCUT2D eigenvalue weighted by Crippen LogP contribution is 2.51. The monoisotopic (exact) mass is 479 g/mol. The van der Waals surface area contributed by atoms with Gasteiger partial charge in [0.25, 0.3) is 5.60 Å². The second-order valence-corrected chi connectivity index (χ2v) is 8.93. The van der Waals surface area contributed by atoms with Crippen LogP contribution in [0.15, 0.2) is 40.6 Å². The lowest BCUT2D eigenvalue weighted by molar-refractivity contribution is -0.376. The maximum absolute atomic E-state index is 13.3. The number of carbonyl (C=O) groups is 1. The normalized spacial score (nSPS) is 17.0. The van der Waals surface area contributed by atoms with Crippen molar-refractivity contribution < 1.29 is 36.2 Å². The molecule has 1 aromatic carbocycles. The summed E-state index contributed by atoms with van der Waals surface area (Å²) >= 11 is 2.31. The summed E-state index contributed by atoms with van der Waals surface area (Å²) in [4.78, 5) is 14.9. The van der Waals surface area contributed by atoms with E-state index in [1.807, 2.05) is 0 Å². The number of anilines is 1. The number of aliphatic hydroxyl groups is 1. The van der Waals surface area contributed by atoms with E-state index < -0.39 is 28.8 Å². The van der Waals surface area contributed by atoms with Crippen molar-refractivity contribution in [1.82, 2.24) is 0 Å². The lowest BCUT2D eigenvalue weighted by atomic mass is 9.92. The Morgan fingerprint density at radius 3 is 2.42 bits per heavy atom. The Kier molecular flexibility index (Phi) is 6.37. The van der Waals surface area contributed by atoms with Crippen molar-refractivity contribution in [2.75, 3.05) is 11.4 Å². The Bertz CT molecular complexity index is 1010. The Morgan fingerprint density at radius 2 is 1.87 bits per heavy atom. The number of nitrogens with zero attached hydrogens (tertiary/aromatic N) is 1. The van der Waals surface area contributed by atoms with Crippen molar-refractivity contribution >= 4 is 34.7 Å². The molecule has 3 nitrogen and oxygen atoms in total. The van der Waals surface area contributed by atoms with Crippen LogP contribution in [0.25, 0.3) is 0 Å². The van der Waals surface area contributed by atoms with Gasteiger partial charge in [-0.05, 0) is 30.5 Å². The lowest BCUT2D eigenvalue weighted by Crippen LogP contribution is -2.54. The van der Waals surface area contributed by atoms with Crippen LogP contribution < -0.4 is 4.90 Å². The van der Waals surface area contributed by atoms with Gasteiger partial charge < -0.3 is 10.0 Å². The molecule has 0 bridgehead atoms. The van der Waals surface area contributed by atoms with Gasteiger partial charge in [0.2, 0.25) is 5.91 Å². The van der Waals surface area contributed by atoms with Crippen LogP contribution in [0.1, 0.15) is 17.4 Å². The van der Waals surface area contributed by atoms with Crippen LogP contribution in [-0.2, 0) is 16.8 Å². The molecule has 11 heteroatoms. The molecule has 0 fully saturated rings. The summed E-state index contributed by atoms with van der Waals surface area (Å²) < 4.78 is 79.6. The Hall–Kier alpha value is -2.16. The van der Waals surface area contributed by atoms with Crippen LogP contribution in [0.3, 0.4) is 0 Å². The smallest absolute Gasteiger partial charge is 0.369 e. The summed E-state index contributed by atoms with van der Waals surface area (Å²) in [5.74, 6) is 5.09. The molecular formula is C20H15F6NO2S2. The van der Waals surface area contributed by atoms with Crippen LogP contribution in [0.5, 0.6) is 0 Å². The molecule has 1 aromatic heterocycles. The molecule has 1 amide bonds. The summed E-state index contributed by atoms with van der Waals surface area (Å²) in [5.41, 5.74) is -6.23. The lowest BCUT2D eigenvalue weighted by Gasteiger charge is -2.36. The fourth-order valence-electron chi connectivity index (χ4n) is 3.13. The number of alkyl halides is 6. The first kappa shape index (κ1) is 23.5. The van der Waals surface area contributed by atoms with E-state index in [2.05, 4.69) is 11.8 Å². The van der Waals surface area contributed by atoms with Gasteiger partial charge in [-0.3, -0.25) is 4.79 Å². The third kappa shape index (κ3) is 4.42. The molecule has 0 spiro atoms. The number of fused-ring (bicyclic) bond motifs is 1. The summed E-state index contributed by atoms with van der Waals surface area (Å²) in [6, 6.07) is 5.71. The molecule has 1 aliphatic rings. The number of thioether (sulfide) groups is 1. The standard InChI is InChI=1S/C20H15F6NO2S2/c1-2-4-14-11-27(17(28)10-13-5-3-8-30-13)15-7-6-12(9-16(15)31-14)18(29,19(21,22)23)20(24,25)26/h3,5-9,14,29H,10-11H2,1H3. The zero-order valence-electron chi connectivity index (χ0n) is 15.8. The summed E-state index contributed by atoms with van der Waals surface area (Å²) in [5, 5.41) is 10.9. The van der Waals surface area contributed by atoms with Crippen molar-refractivity contribution in [2.24, 2.45) is 0 Å². The summed E-state index contributed by atoms with van der Waals surface area (Å²) in [6.45, 7) is 1.67. The van der Waals surface area contributed by atoms with Gasteiger partial charge in [0.15, 0.2) is 0 Å². The van der Waals surface area contributed by atoms with Gasteiger partial charge in [-0.1, -0.05) is 18.1 Å². The van der Waals surface area contributed by atoms with E-state index in [4.69, 9.17) is 0 Å². The number of benzene rings is 1. The number of carbonyl (C=O) groups excluding carboxylic acids is 1. The van der Waals surface area contributed by atoms with E-state index in [1.165, 1.54) is 23.2 Å². The fourth-order valence-corrected chi connectivity index (χ4v) is 5.03. The second kappa shape index (κ2) is 8.41. The van der Waals surface area contributed by atoms with Crippen molar-refractivity contribution in [1.29, 1.82) is 0 Å². The number of thiophene rings is 1. The van der Waals surface area contributed by atoms with Crippen LogP contribution >= 0.6 is 23.1 Å². The maximum atomic E-state index is 13.3.